The Bertz CT molecular complexity index is 8010. The summed E-state index contributed by atoms with van der Waals surface area (Å²) in [7, 11) is 0. The summed E-state index contributed by atoms with van der Waals surface area (Å²) in [5, 5.41) is 47.1. The lowest BCUT2D eigenvalue weighted by atomic mass is 10.0. The Kier molecular flexibility index (Phi) is 29.4. The van der Waals surface area contributed by atoms with Crippen LogP contribution in [0.3, 0.4) is 0 Å². The predicted octanol–water partition coefficient (Wildman–Crippen LogP) is 17.1. The average molecular weight is 1920 g/mol. The minimum absolute atomic E-state index is 0.0310. The fraction of sp³-hybridized carbons (Fsp3) is 0.117. The van der Waals surface area contributed by atoms with E-state index in [1.165, 1.54) is 74.4 Å². The number of nitrogens with one attached hydrogen (secondary N) is 4. The van der Waals surface area contributed by atoms with E-state index >= 15 is 0 Å². The lowest BCUT2D eigenvalue weighted by Crippen LogP contribution is -2.39. The maximum atomic E-state index is 13.2. The fourth-order valence-electron chi connectivity index (χ4n) is 14.8. The van der Waals surface area contributed by atoms with Crippen LogP contribution in [0.5, 0.6) is 0 Å². The molecule has 690 valence electrons. The maximum absolute atomic E-state index is 13.2. The first kappa shape index (κ1) is 95.9. The molecule has 14 aromatic heterocycles. The molecule has 0 aliphatic rings. The second-order valence-corrected chi connectivity index (χ2v) is 34.0. The second kappa shape index (κ2) is 42.2. The van der Waals surface area contributed by atoms with E-state index in [-0.39, 0.29) is 94.2 Å². The van der Waals surface area contributed by atoms with Gasteiger partial charge in [-0.3, -0.25) is 58.3 Å². The zero-order valence-electron chi connectivity index (χ0n) is 74.6. The zero-order chi connectivity index (χ0) is 97.8. The van der Waals surface area contributed by atoms with Crippen LogP contribution in [0.15, 0.2) is 325 Å². The molecule has 14 heterocycles. The lowest BCUT2D eigenvalue weighted by Gasteiger charge is -2.17. The Labute approximate surface area is 806 Å². The van der Waals surface area contributed by atoms with Crippen LogP contribution in [0, 0.1) is 16.3 Å². The number of carbonyl (C=O) groups is 5. The van der Waals surface area contributed by atoms with Crippen molar-refractivity contribution in [1.29, 1.82) is 0 Å². The van der Waals surface area contributed by atoms with Crippen LogP contribution in [-0.4, -0.2) is 112 Å². The van der Waals surface area contributed by atoms with Crippen molar-refractivity contribution < 1.29 is 43.3 Å². The zero-order valence-corrected chi connectivity index (χ0v) is 77.6. The van der Waals surface area contributed by atoms with E-state index in [1.807, 2.05) is 143 Å². The van der Waals surface area contributed by atoms with Gasteiger partial charge >= 0.3 is 5.97 Å². The van der Waals surface area contributed by atoms with E-state index in [0.717, 1.165) is 43.8 Å². The standard InChI is InChI=1S/C27H28N4O4.C26H24N4O4.C25H15Cl2N5O3.C25H15Cl2N5O2/c1-17(2)14-29-26(33)22-16-30(25-21(24(22)32)9-6-12-28-25)20-8-5-7-18(13-20)19-10-11-23(27(3,4)34)31(35)15-19;1-4-34-26(33)19-11-18(13-27-14-19)17-7-5-8-20(12-17)30-15-22(25(32)29-16(2)3)23(31)21-9-6-10-28-24(21)30;26-20-11-28-12-21(27)22(20)30-25(34)19-14-32(24-18(23(19)33)7-2-8-29-24)17-6-1-4-15(10-17)16-5-3-9-31(35)13-16;26-20-12-29-13-21(27)22(20)31-25(34)19-14-32(24-18(23(19)33)7-3-9-30-24)17-6-1-4-15(10-17)16-5-2-8-28-11-16/h5-13,15-17,34H,14H2,1-4H3,(H,29,33);5-16H,4H2,1-3H3,(H,29,32);1-14H,(H,28,30,34);1-14H,(H,29,31,34). The molecule has 0 spiro atoms. The van der Waals surface area contributed by atoms with Crippen LogP contribution in [0.25, 0.3) is 111 Å². The molecule has 138 heavy (non-hydrogen) atoms. The van der Waals surface area contributed by atoms with Crippen molar-refractivity contribution in [2.75, 3.05) is 23.8 Å². The van der Waals surface area contributed by atoms with E-state index < -0.39 is 46.1 Å². The van der Waals surface area contributed by atoms with Crippen LogP contribution in [0.1, 0.15) is 106 Å². The fourth-order valence-corrected chi connectivity index (χ4v) is 15.7. The highest BCUT2D eigenvalue weighted by Gasteiger charge is 2.28. The number of pyridine rings is 14. The van der Waals surface area contributed by atoms with Gasteiger partial charge in [-0.05, 0) is 184 Å². The van der Waals surface area contributed by atoms with Gasteiger partial charge in [-0.2, -0.15) is 9.46 Å². The van der Waals surface area contributed by atoms with Gasteiger partial charge in [0, 0.05) is 169 Å². The largest absolute Gasteiger partial charge is 0.619 e. The number of hydrogen-bond acceptors (Lipinski definition) is 21. The Morgan fingerprint density at radius 2 is 0.790 bits per heavy atom. The van der Waals surface area contributed by atoms with Crippen molar-refractivity contribution in [1.82, 2.24) is 68.8 Å². The third-order valence-corrected chi connectivity index (χ3v) is 22.5. The molecule has 0 aliphatic carbocycles. The summed E-state index contributed by atoms with van der Waals surface area (Å²) in [6, 6.07) is 55.3. The monoisotopic (exact) mass is 1920 g/mol. The van der Waals surface area contributed by atoms with Crippen LogP contribution < -0.4 is 52.4 Å². The number of fused-ring (bicyclic) bond motifs is 4. The van der Waals surface area contributed by atoms with Crippen molar-refractivity contribution in [3.05, 3.63) is 411 Å². The minimum Gasteiger partial charge on any atom is -0.619 e. The number of nitrogens with zero attached hydrogens (tertiary/aromatic N) is 14. The van der Waals surface area contributed by atoms with E-state index in [9.17, 15) is 58.7 Å². The van der Waals surface area contributed by atoms with Crippen molar-refractivity contribution in [3.63, 3.8) is 0 Å². The molecular weight excluding hydrogens is 1840 g/mol. The highest BCUT2D eigenvalue weighted by atomic mass is 35.5. The number of aliphatic hydroxyl groups is 1. The van der Waals surface area contributed by atoms with Crippen molar-refractivity contribution in [3.8, 4) is 67.3 Å². The molecule has 35 heteroatoms. The Hall–Kier alpha value is -16.7. The summed E-state index contributed by atoms with van der Waals surface area (Å²) in [6.45, 7) is 13.2. The summed E-state index contributed by atoms with van der Waals surface area (Å²) in [5.74, 6) is -2.41. The molecule has 0 saturated heterocycles. The normalized spacial score (nSPS) is 11.1. The first-order valence-corrected chi connectivity index (χ1v) is 44.3. The molecule has 4 aromatic carbocycles. The number of benzene rings is 4. The summed E-state index contributed by atoms with van der Waals surface area (Å²) < 4.78 is 13.2. The van der Waals surface area contributed by atoms with Gasteiger partial charge in [0.1, 0.15) is 50.4 Å². The lowest BCUT2D eigenvalue weighted by molar-refractivity contribution is -0.621. The summed E-state index contributed by atoms with van der Waals surface area (Å²) >= 11 is 24.5. The molecule has 18 aromatic rings. The van der Waals surface area contributed by atoms with Crippen LogP contribution in [0.2, 0.25) is 20.1 Å². The second-order valence-electron chi connectivity index (χ2n) is 32.3. The van der Waals surface area contributed by atoms with Gasteiger partial charge in [0.15, 0.2) is 18.6 Å². The smallest absolute Gasteiger partial charge is 0.339 e. The number of halogens is 4. The minimum atomic E-state index is -1.27. The molecule has 0 bridgehead atoms. The van der Waals surface area contributed by atoms with Gasteiger partial charge in [-0.1, -0.05) is 115 Å². The van der Waals surface area contributed by atoms with Crippen molar-refractivity contribution in [2.45, 2.75) is 60.1 Å². The summed E-state index contributed by atoms with van der Waals surface area (Å²) in [4.78, 5) is 150. The van der Waals surface area contributed by atoms with Gasteiger partial charge in [-0.25, -0.2) is 24.7 Å². The van der Waals surface area contributed by atoms with Gasteiger partial charge in [0.25, 0.3) is 23.6 Å². The first-order valence-electron chi connectivity index (χ1n) is 42.8. The molecule has 5 N–H and O–H groups in total. The highest BCUT2D eigenvalue weighted by molar-refractivity contribution is 6.40. The predicted molar refractivity (Wildman–Crippen MR) is 530 cm³/mol. The number of esters is 1. The Morgan fingerprint density at radius 1 is 0.420 bits per heavy atom. The molecule has 0 saturated carbocycles. The van der Waals surface area contributed by atoms with Crippen molar-refractivity contribution in [2.24, 2.45) is 5.92 Å². The number of rotatable bonds is 20. The van der Waals surface area contributed by atoms with E-state index in [1.54, 1.807) is 155 Å². The van der Waals surface area contributed by atoms with Crippen LogP contribution in [0.4, 0.5) is 11.4 Å². The molecule has 0 radical (unpaired) electrons. The third-order valence-electron chi connectivity index (χ3n) is 21.4. The van der Waals surface area contributed by atoms with Gasteiger partial charge < -0.3 is 59.8 Å². The maximum Gasteiger partial charge on any atom is 0.339 e. The summed E-state index contributed by atoms with van der Waals surface area (Å²) in [5.41, 5.74) is 8.47. The Morgan fingerprint density at radius 3 is 1.17 bits per heavy atom. The molecule has 0 atom stereocenters. The number of hydrogen-bond donors (Lipinski definition) is 5. The van der Waals surface area contributed by atoms with Gasteiger partial charge in [-0.15, -0.1) is 0 Å². The number of amides is 4. The molecular formula is C103H82Cl4N18O13. The quantitative estimate of drug-likeness (QED) is 0.0269. The van der Waals surface area contributed by atoms with Gasteiger partial charge in [0.2, 0.25) is 27.4 Å². The molecule has 0 unspecified atom stereocenters. The first-order chi connectivity index (χ1) is 66.4. The van der Waals surface area contributed by atoms with E-state index in [0.29, 0.717) is 83.8 Å². The molecule has 4 amide bonds. The van der Waals surface area contributed by atoms with Crippen molar-refractivity contribution >= 4 is 132 Å². The van der Waals surface area contributed by atoms with Crippen LogP contribution in [-0.2, 0) is 10.3 Å². The SMILES string of the molecule is CC(C)CNC(=O)c1cn(-c2cccc(-c3ccc(C(C)(C)O)[n+]([O-])c3)c2)c2ncccc2c1=O.CCOC(=O)c1cncc(-c2cccc(-n3cc(C(=O)NC(C)C)c(=O)c4cccnc43)c2)c1.O=C(Nc1c(Cl)cncc1Cl)c1cn(-c2cccc(-c3ccc[n+]([O-])c3)c2)c2ncccc2c1=O.O=C(Nc1c(Cl)cncc1Cl)c1cn(-c2cccc(-c3cccnc3)c2)c2ncccc2c1=O. The van der Waals surface area contributed by atoms with E-state index in [2.05, 4.69) is 61.1 Å². The Balaban J connectivity index is 0.000000140. The van der Waals surface area contributed by atoms with Gasteiger partial charge in [0.05, 0.1) is 65.2 Å². The molecule has 0 fully saturated rings. The van der Waals surface area contributed by atoms with Crippen LogP contribution >= 0.6 is 46.4 Å². The number of aromatic nitrogens is 14. The highest BCUT2D eigenvalue weighted by Crippen LogP contribution is 2.34. The molecule has 0 aliphatic heterocycles. The average Bonchev–Trinajstić information content (AvgIpc) is 0.775. The molecule has 31 nitrogen and oxygen atoms in total. The number of carbonyl (C=O) groups excluding carboxylic acids is 5. The molecule has 18 rings (SSSR count). The summed E-state index contributed by atoms with van der Waals surface area (Å²) in [6.07, 6.45) is 28.5. The number of anilines is 2. The van der Waals surface area contributed by atoms with E-state index in [4.69, 9.17) is 51.1 Å². The topological polar surface area (TPSA) is 408 Å². The number of ether oxygens (including phenoxy) is 1. The third kappa shape index (κ3) is 21.6.